The Labute approximate surface area is 216 Å². The van der Waals surface area contributed by atoms with E-state index in [1.165, 1.54) is 6.08 Å². The van der Waals surface area contributed by atoms with Crippen LogP contribution in [0.5, 0.6) is 0 Å². The molecule has 2 aromatic carbocycles. The van der Waals surface area contributed by atoms with Gasteiger partial charge in [0.2, 0.25) is 5.91 Å². The van der Waals surface area contributed by atoms with E-state index in [1.54, 1.807) is 6.33 Å². The number of fused-ring (bicyclic) bond motifs is 1. The van der Waals surface area contributed by atoms with Crippen LogP contribution in [0.15, 0.2) is 61.6 Å². The molecule has 1 amide bonds. The molecular weight excluding hydrogens is 464 g/mol. The number of nitrogens with zero attached hydrogens (tertiary/aromatic N) is 6. The molecule has 0 saturated carbocycles. The number of hydrogen-bond donors (Lipinski definition) is 2. The summed E-state index contributed by atoms with van der Waals surface area (Å²) in [4.78, 5) is 25.9. The van der Waals surface area contributed by atoms with E-state index in [0.29, 0.717) is 5.82 Å². The molecule has 2 N–H and O–H groups in total. The van der Waals surface area contributed by atoms with Crippen LogP contribution in [0.4, 0.5) is 22.9 Å². The van der Waals surface area contributed by atoms with E-state index in [4.69, 9.17) is 0 Å². The van der Waals surface area contributed by atoms with Gasteiger partial charge in [-0.15, -0.1) is 0 Å². The SMILES string of the molecule is C=CC(=O)Nc1cc(Nc2cc(-c3ccc4c(cnn4C)c3)ncn2)c(CC)cc1N1CCN(C)CC1. The molecule has 1 saturated heterocycles. The molecule has 9 heteroatoms. The number of rotatable bonds is 7. The Morgan fingerprint density at radius 1 is 1.05 bits per heavy atom. The highest BCUT2D eigenvalue weighted by molar-refractivity contribution is 6.02. The van der Waals surface area contributed by atoms with Crippen molar-refractivity contribution in [3.8, 4) is 11.3 Å². The summed E-state index contributed by atoms with van der Waals surface area (Å²) in [6.07, 6.45) is 5.54. The zero-order valence-corrected chi connectivity index (χ0v) is 21.5. The highest BCUT2D eigenvalue weighted by Gasteiger charge is 2.20. The summed E-state index contributed by atoms with van der Waals surface area (Å²) >= 11 is 0. The predicted octanol–water partition coefficient (Wildman–Crippen LogP) is 4.21. The van der Waals surface area contributed by atoms with Crippen LogP contribution < -0.4 is 15.5 Å². The van der Waals surface area contributed by atoms with Crippen LogP contribution in [-0.4, -0.2) is 63.8 Å². The van der Waals surface area contributed by atoms with E-state index in [9.17, 15) is 4.79 Å². The Balaban J connectivity index is 1.48. The summed E-state index contributed by atoms with van der Waals surface area (Å²) < 4.78 is 1.85. The van der Waals surface area contributed by atoms with Crippen LogP contribution in [0.1, 0.15) is 12.5 Å². The third-order valence-corrected chi connectivity index (χ3v) is 6.86. The Morgan fingerprint density at radius 2 is 1.86 bits per heavy atom. The van der Waals surface area contributed by atoms with Crippen LogP contribution in [0, 0.1) is 0 Å². The van der Waals surface area contributed by atoms with Crippen molar-refractivity contribution >= 4 is 39.7 Å². The third kappa shape index (κ3) is 5.17. The maximum atomic E-state index is 12.3. The smallest absolute Gasteiger partial charge is 0.247 e. The van der Waals surface area contributed by atoms with Crippen LogP contribution in [-0.2, 0) is 18.3 Å². The summed E-state index contributed by atoms with van der Waals surface area (Å²) in [6, 6.07) is 12.3. The molecular formula is C28H32N8O. The molecule has 1 aliphatic rings. The van der Waals surface area contributed by atoms with E-state index in [-0.39, 0.29) is 5.91 Å². The highest BCUT2D eigenvalue weighted by Crippen LogP contribution is 2.35. The lowest BCUT2D eigenvalue weighted by Crippen LogP contribution is -2.44. The lowest BCUT2D eigenvalue weighted by Gasteiger charge is -2.35. The van der Waals surface area contributed by atoms with Crippen molar-refractivity contribution in [3.63, 3.8) is 0 Å². The number of nitrogens with one attached hydrogen (secondary N) is 2. The molecule has 4 aromatic rings. The van der Waals surface area contributed by atoms with Gasteiger partial charge in [0.05, 0.1) is 28.8 Å². The van der Waals surface area contributed by atoms with Crippen LogP contribution in [0.2, 0.25) is 0 Å². The van der Waals surface area contributed by atoms with Crippen molar-refractivity contribution in [2.45, 2.75) is 13.3 Å². The standard InChI is InChI=1S/C28H32N8O/c1-5-19-14-26(36-11-9-34(3)10-12-36)24(33-28(37)6-2)15-23(19)32-27-16-22(29-18-30-27)20-7-8-25-21(13-20)17-31-35(25)4/h6-8,13-18H,2,5,9-12H2,1,3-4H3,(H,33,37)(H,29,30,32). The number of benzene rings is 2. The molecule has 1 fully saturated rings. The largest absolute Gasteiger partial charge is 0.367 e. The van der Waals surface area contributed by atoms with Crippen molar-refractivity contribution < 1.29 is 4.79 Å². The summed E-state index contributed by atoms with van der Waals surface area (Å²) in [5, 5.41) is 11.9. The molecule has 0 radical (unpaired) electrons. The second-order valence-electron chi connectivity index (χ2n) is 9.32. The summed E-state index contributed by atoms with van der Waals surface area (Å²) in [6.45, 7) is 9.51. The van der Waals surface area contributed by atoms with Crippen LogP contribution in [0.25, 0.3) is 22.2 Å². The minimum absolute atomic E-state index is 0.235. The molecule has 5 rings (SSSR count). The van der Waals surface area contributed by atoms with E-state index >= 15 is 0 Å². The predicted molar refractivity (Wildman–Crippen MR) is 149 cm³/mol. The van der Waals surface area contributed by atoms with Gasteiger partial charge in [-0.2, -0.15) is 5.10 Å². The van der Waals surface area contributed by atoms with Gasteiger partial charge >= 0.3 is 0 Å². The first kappa shape index (κ1) is 24.5. The zero-order chi connectivity index (χ0) is 25.9. The van der Waals surface area contributed by atoms with Crippen molar-refractivity contribution in [1.29, 1.82) is 0 Å². The quantitative estimate of drug-likeness (QED) is 0.370. The maximum absolute atomic E-state index is 12.3. The van der Waals surface area contributed by atoms with Gasteiger partial charge in [0, 0.05) is 55.9 Å². The van der Waals surface area contributed by atoms with Gasteiger partial charge in [0.25, 0.3) is 0 Å². The monoisotopic (exact) mass is 496 g/mol. The van der Waals surface area contributed by atoms with E-state index in [2.05, 4.69) is 68.2 Å². The average Bonchev–Trinajstić information content (AvgIpc) is 3.29. The van der Waals surface area contributed by atoms with Gasteiger partial charge in [-0.25, -0.2) is 9.97 Å². The number of anilines is 4. The van der Waals surface area contributed by atoms with Crippen molar-refractivity contribution in [3.05, 3.63) is 67.1 Å². The molecule has 37 heavy (non-hydrogen) atoms. The number of likely N-dealkylation sites (N-methyl/N-ethyl adjacent to an activating group) is 1. The number of hydrogen-bond acceptors (Lipinski definition) is 7. The summed E-state index contributed by atoms with van der Waals surface area (Å²) in [7, 11) is 4.06. The topological polar surface area (TPSA) is 91.2 Å². The second-order valence-corrected chi connectivity index (χ2v) is 9.32. The fraction of sp³-hybridized carbons (Fsp3) is 0.286. The van der Waals surface area contributed by atoms with E-state index in [1.807, 2.05) is 42.2 Å². The summed E-state index contributed by atoms with van der Waals surface area (Å²) in [5.41, 5.74) is 6.69. The van der Waals surface area contributed by atoms with Gasteiger partial charge in [-0.05, 0) is 49.4 Å². The van der Waals surface area contributed by atoms with Crippen LogP contribution in [0.3, 0.4) is 0 Å². The first-order chi connectivity index (χ1) is 17.9. The average molecular weight is 497 g/mol. The molecule has 0 unspecified atom stereocenters. The molecule has 1 aliphatic heterocycles. The van der Waals surface area contributed by atoms with E-state index in [0.717, 1.165) is 77.4 Å². The molecule has 0 atom stereocenters. The molecule has 0 spiro atoms. The number of amides is 1. The Kier molecular flexibility index (Phi) is 6.87. The molecule has 2 aromatic heterocycles. The number of piperazine rings is 1. The Bertz CT molecular complexity index is 1450. The van der Waals surface area contributed by atoms with Gasteiger partial charge in [0.1, 0.15) is 12.1 Å². The normalized spacial score (nSPS) is 14.1. The first-order valence-electron chi connectivity index (χ1n) is 12.5. The van der Waals surface area contributed by atoms with Gasteiger partial charge in [-0.3, -0.25) is 9.48 Å². The number of carbonyl (C=O) groups excluding carboxylic acids is 1. The third-order valence-electron chi connectivity index (χ3n) is 6.86. The fourth-order valence-electron chi connectivity index (χ4n) is 4.68. The molecule has 0 bridgehead atoms. The highest BCUT2D eigenvalue weighted by atomic mass is 16.1. The first-order valence-corrected chi connectivity index (χ1v) is 12.5. The zero-order valence-electron chi connectivity index (χ0n) is 21.5. The molecule has 0 aliphatic carbocycles. The molecule has 190 valence electrons. The van der Waals surface area contributed by atoms with E-state index < -0.39 is 0 Å². The minimum atomic E-state index is -0.235. The maximum Gasteiger partial charge on any atom is 0.247 e. The van der Waals surface area contributed by atoms with Crippen molar-refractivity contribution in [2.24, 2.45) is 7.05 Å². The lowest BCUT2D eigenvalue weighted by atomic mass is 10.1. The van der Waals surface area contributed by atoms with Crippen molar-refractivity contribution in [1.82, 2.24) is 24.6 Å². The fourth-order valence-corrected chi connectivity index (χ4v) is 4.68. The number of aryl methyl sites for hydroxylation is 2. The van der Waals surface area contributed by atoms with Crippen molar-refractivity contribution in [2.75, 3.05) is 48.8 Å². The van der Waals surface area contributed by atoms with Gasteiger partial charge in [0.15, 0.2) is 0 Å². The lowest BCUT2D eigenvalue weighted by molar-refractivity contribution is -0.111. The minimum Gasteiger partial charge on any atom is -0.367 e. The Hall–Kier alpha value is -4.24. The molecule has 3 heterocycles. The number of aromatic nitrogens is 4. The summed E-state index contributed by atoms with van der Waals surface area (Å²) in [5.74, 6) is 0.444. The van der Waals surface area contributed by atoms with Crippen LogP contribution >= 0.6 is 0 Å². The van der Waals surface area contributed by atoms with Gasteiger partial charge in [-0.1, -0.05) is 19.6 Å². The van der Waals surface area contributed by atoms with Gasteiger partial charge < -0.3 is 20.4 Å². The molecule has 9 nitrogen and oxygen atoms in total. The number of carbonyl (C=O) groups is 1. The Morgan fingerprint density at radius 3 is 2.62 bits per heavy atom. The second kappa shape index (κ2) is 10.4.